The van der Waals surface area contributed by atoms with E-state index in [2.05, 4.69) is 10.2 Å². The quantitative estimate of drug-likeness (QED) is 0.733. The van der Waals surface area contributed by atoms with Gasteiger partial charge >= 0.3 is 0 Å². The van der Waals surface area contributed by atoms with Crippen molar-refractivity contribution in [2.45, 2.75) is 13.8 Å². The number of hydrogen-bond donors (Lipinski definition) is 1. The van der Waals surface area contributed by atoms with Gasteiger partial charge < -0.3 is 0 Å². The molecule has 1 aromatic heterocycles. The molecule has 0 saturated heterocycles. The number of carbonyl (C=O) groups is 1. The average molecular weight is 209 g/mol. The monoisotopic (exact) mass is 208 g/mol. The number of halogens is 1. The summed E-state index contributed by atoms with van der Waals surface area (Å²) < 4.78 is 0. The summed E-state index contributed by atoms with van der Waals surface area (Å²) in [7, 11) is 0. The Bertz CT molecular complexity index is 516. The van der Waals surface area contributed by atoms with Gasteiger partial charge in [0.25, 0.3) is 0 Å². The molecule has 14 heavy (non-hydrogen) atoms. The second-order valence-corrected chi connectivity index (χ2v) is 3.64. The van der Waals surface area contributed by atoms with E-state index < -0.39 is 0 Å². The number of nitrogens with zero attached hydrogens (tertiary/aromatic N) is 1. The minimum Gasteiger partial charge on any atom is -0.295 e. The summed E-state index contributed by atoms with van der Waals surface area (Å²) in [5, 5.41) is 8.01. The van der Waals surface area contributed by atoms with Gasteiger partial charge in [-0.3, -0.25) is 9.89 Å². The first-order chi connectivity index (χ1) is 6.59. The van der Waals surface area contributed by atoms with Gasteiger partial charge in [0.2, 0.25) is 0 Å². The van der Waals surface area contributed by atoms with E-state index >= 15 is 0 Å². The Labute approximate surface area is 86.1 Å². The summed E-state index contributed by atoms with van der Waals surface area (Å²) >= 11 is 5.88. The fraction of sp³-hybridized carbons (Fsp3) is 0.200. The van der Waals surface area contributed by atoms with Gasteiger partial charge in [-0.2, -0.15) is 5.10 Å². The smallest absolute Gasteiger partial charge is 0.159 e. The molecule has 0 aliphatic carbocycles. The number of Topliss-reactive ketones (excluding diaryl/α,β-unsaturated/α-hetero) is 1. The normalized spacial score (nSPS) is 10.8. The highest BCUT2D eigenvalue weighted by Crippen LogP contribution is 2.25. The third-order valence-corrected chi connectivity index (χ3v) is 2.50. The number of ketones is 1. The largest absolute Gasteiger partial charge is 0.295 e. The molecular weight excluding hydrogens is 200 g/mol. The van der Waals surface area contributed by atoms with Crippen molar-refractivity contribution < 1.29 is 4.79 Å². The predicted octanol–water partition coefficient (Wildman–Crippen LogP) is 2.73. The van der Waals surface area contributed by atoms with Crippen LogP contribution in [0.15, 0.2) is 12.1 Å². The molecule has 2 aromatic rings. The molecule has 0 bridgehead atoms. The first kappa shape index (κ1) is 9.21. The molecule has 4 heteroatoms. The molecule has 0 fully saturated rings. The van der Waals surface area contributed by atoms with Gasteiger partial charge in [-0.15, -0.1) is 0 Å². The van der Waals surface area contributed by atoms with Gasteiger partial charge in [0, 0.05) is 10.9 Å². The zero-order chi connectivity index (χ0) is 10.3. The summed E-state index contributed by atoms with van der Waals surface area (Å²) in [6.07, 6.45) is 0. The van der Waals surface area contributed by atoms with Crippen LogP contribution in [-0.4, -0.2) is 16.0 Å². The number of hydrogen-bond acceptors (Lipinski definition) is 2. The number of benzene rings is 1. The minimum atomic E-state index is 0.0423. The Morgan fingerprint density at radius 2 is 2.21 bits per heavy atom. The van der Waals surface area contributed by atoms with Crippen molar-refractivity contribution in [3.8, 4) is 0 Å². The average Bonchev–Trinajstić information content (AvgIpc) is 2.48. The van der Waals surface area contributed by atoms with Crippen LogP contribution in [0.5, 0.6) is 0 Å². The Kier molecular flexibility index (Phi) is 2.04. The van der Waals surface area contributed by atoms with Crippen LogP contribution < -0.4 is 0 Å². The summed E-state index contributed by atoms with van der Waals surface area (Å²) in [5.74, 6) is 0.0423. The fourth-order valence-corrected chi connectivity index (χ4v) is 1.81. The van der Waals surface area contributed by atoms with Gasteiger partial charge in [0.1, 0.15) is 0 Å². The van der Waals surface area contributed by atoms with E-state index in [1.165, 1.54) is 0 Å². The van der Waals surface area contributed by atoms with Crippen LogP contribution in [-0.2, 0) is 0 Å². The maximum Gasteiger partial charge on any atom is 0.159 e. The summed E-state index contributed by atoms with van der Waals surface area (Å²) in [6.45, 7) is 3.45. The summed E-state index contributed by atoms with van der Waals surface area (Å²) in [4.78, 5) is 11.2. The summed E-state index contributed by atoms with van der Waals surface area (Å²) in [6, 6.07) is 3.59. The lowest BCUT2D eigenvalue weighted by atomic mass is 10.1. The molecule has 1 N–H and O–H groups in total. The van der Waals surface area contributed by atoms with Gasteiger partial charge in [0.15, 0.2) is 10.9 Å². The summed E-state index contributed by atoms with van der Waals surface area (Å²) in [5.41, 5.74) is 2.45. The lowest BCUT2D eigenvalue weighted by Crippen LogP contribution is -1.92. The fourth-order valence-electron chi connectivity index (χ4n) is 1.52. The Hall–Kier alpha value is -1.35. The van der Waals surface area contributed by atoms with Crippen LogP contribution in [0.2, 0.25) is 5.15 Å². The molecule has 0 spiro atoms. The van der Waals surface area contributed by atoms with Gasteiger partial charge in [0.05, 0.1) is 5.52 Å². The van der Waals surface area contributed by atoms with Crippen LogP contribution in [0, 0.1) is 6.92 Å². The van der Waals surface area contributed by atoms with Crippen LogP contribution in [0.1, 0.15) is 22.8 Å². The van der Waals surface area contributed by atoms with Crippen LogP contribution in [0.25, 0.3) is 10.9 Å². The van der Waals surface area contributed by atoms with Crippen LogP contribution >= 0.6 is 11.6 Å². The molecule has 2 rings (SSSR count). The van der Waals surface area contributed by atoms with E-state index in [9.17, 15) is 4.79 Å². The van der Waals surface area contributed by atoms with E-state index in [0.717, 1.165) is 16.5 Å². The SMILES string of the molecule is CC(=O)c1cc(C)c2c(Cl)n[nH]c2c1. The lowest BCUT2D eigenvalue weighted by Gasteiger charge is -1.99. The lowest BCUT2D eigenvalue weighted by molar-refractivity contribution is 0.101. The van der Waals surface area contributed by atoms with Crippen molar-refractivity contribution in [2.75, 3.05) is 0 Å². The molecule has 0 saturated carbocycles. The van der Waals surface area contributed by atoms with Crippen molar-refractivity contribution in [1.29, 1.82) is 0 Å². The third kappa shape index (κ3) is 1.30. The Balaban J connectivity index is 2.80. The molecule has 0 aliphatic heterocycles. The van der Waals surface area contributed by atoms with Crippen molar-refractivity contribution in [2.24, 2.45) is 0 Å². The molecular formula is C10H9ClN2O. The topological polar surface area (TPSA) is 45.8 Å². The zero-order valence-corrected chi connectivity index (χ0v) is 8.64. The molecule has 1 heterocycles. The van der Waals surface area contributed by atoms with E-state index in [-0.39, 0.29) is 5.78 Å². The highest BCUT2D eigenvalue weighted by Gasteiger charge is 2.09. The van der Waals surface area contributed by atoms with E-state index in [4.69, 9.17) is 11.6 Å². The number of rotatable bonds is 1. The third-order valence-electron chi connectivity index (χ3n) is 2.22. The first-order valence-corrected chi connectivity index (χ1v) is 4.62. The number of fused-ring (bicyclic) bond motifs is 1. The molecule has 0 atom stereocenters. The number of aromatic amines is 1. The molecule has 0 unspecified atom stereocenters. The molecule has 72 valence electrons. The number of nitrogens with one attached hydrogen (secondary N) is 1. The molecule has 3 nitrogen and oxygen atoms in total. The maximum atomic E-state index is 11.2. The van der Waals surface area contributed by atoms with E-state index in [0.29, 0.717) is 10.7 Å². The van der Waals surface area contributed by atoms with E-state index in [1.807, 2.05) is 13.0 Å². The van der Waals surface area contributed by atoms with Gasteiger partial charge in [-0.25, -0.2) is 0 Å². The van der Waals surface area contributed by atoms with Crippen molar-refractivity contribution in [3.05, 3.63) is 28.4 Å². The Morgan fingerprint density at radius 1 is 1.50 bits per heavy atom. The molecule has 0 radical (unpaired) electrons. The van der Waals surface area contributed by atoms with Gasteiger partial charge in [-0.05, 0) is 31.5 Å². The van der Waals surface area contributed by atoms with E-state index in [1.54, 1.807) is 13.0 Å². The van der Waals surface area contributed by atoms with Crippen molar-refractivity contribution in [3.63, 3.8) is 0 Å². The van der Waals surface area contributed by atoms with Crippen LogP contribution in [0.4, 0.5) is 0 Å². The minimum absolute atomic E-state index is 0.0423. The second kappa shape index (κ2) is 3.10. The van der Waals surface area contributed by atoms with Crippen molar-refractivity contribution in [1.82, 2.24) is 10.2 Å². The molecule has 0 aliphatic rings. The number of carbonyl (C=O) groups excluding carboxylic acids is 1. The highest BCUT2D eigenvalue weighted by atomic mass is 35.5. The number of H-pyrrole nitrogens is 1. The molecule has 1 aromatic carbocycles. The van der Waals surface area contributed by atoms with Crippen molar-refractivity contribution >= 4 is 28.3 Å². The maximum absolute atomic E-state index is 11.2. The van der Waals surface area contributed by atoms with Crippen LogP contribution in [0.3, 0.4) is 0 Å². The number of aryl methyl sites for hydroxylation is 1. The van der Waals surface area contributed by atoms with Gasteiger partial charge in [-0.1, -0.05) is 11.6 Å². The molecule has 0 amide bonds. The highest BCUT2D eigenvalue weighted by molar-refractivity contribution is 6.34. The standard InChI is InChI=1S/C10H9ClN2O/c1-5-3-7(6(2)14)4-8-9(5)10(11)13-12-8/h3-4H,1-2H3,(H,12,13). The Morgan fingerprint density at radius 3 is 2.86 bits per heavy atom. The second-order valence-electron chi connectivity index (χ2n) is 3.29. The zero-order valence-electron chi connectivity index (χ0n) is 7.89. The predicted molar refractivity (Wildman–Crippen MR) is 55.8 cm³/mol. The first-order valence-electron chi connectivity index (χ1n) is 4.25. The number of aromatic nitrogens is 2.